The van der Waals surface area contributed by atoms with E-state index in [4.69, 9.17) is 5.73 Å². The SMILES string of the molecule is C[C@@H](N)C(=O)NCCS(C)(=O)=O. The van der Waals surface area contributed by atoms with Gasteiger partial charge in [0.25, 0.3) is 0 Å². The van der Waals surface area contributed by atoms with Gasteiger partial charge in [-0.15, -0.1) is 0 Å². The molecule has 6 heteroatoms. The fourth-order valence-corrected chi connectivity index (χ4v) is 0.993. The quantitative estimate of drug-likeness (QED) is 0.569. The molecule has 0 radical (unpaired) electrons. The Morgan fingerprint density at radius 1 is 1.58 bits per heavy atom. The van der Waals surface area contributed by atoms with Gasteiger partial charge in [-0.1, -0.05) is 0 Å². The molecule has 1 atom stereocenters. The van der Waals surface area contributed by atoms with Gasteiger partial charge in [0.15, 0.2) is 0 Å². The van der Waals surface area contributed by atoms with Crippen LogP contribution in [0.1, 0.15) is 6.92 Å². The minimum atomic E-state index is -3.00. The van der Waals surface area contributed by atoms with Gasteiger partial charge in [-0.25, -0.2) is 8.42 Å². The van der Waals surface area contributed by atoms with Crippen molar-refractivity contribution < 1.29 is 13.2 Å². The van der Waals surface area contributed by atoms with Gasteiger partial charge < -0.3 is 11.1 Å². The van der Waals surface area contributed by atoms with Gasteiger partial charge in [0.2, 0.25) is 5.91 Å². The van der Waals surface area contributed by atoms with Crippen molar-refractivity contribution in [3.63, 3.8) is 0 Å². The molecule has 72 valence electrons. The average Bonchev–Trinajstić information content (AvgIpc) is 1.84. The lowest BCUT2D eigenvalue weighted by Crippen LogP contribution is -2.40. The lowest BCUT2D eigenvalue weighted by atomic mass is 10.3. The van der Waals surface area contributed by atoms with Gasteiger partial charge in [0.1, 0.15) is 9.84 Å². The van der Waals surface area contributed by atoms with Crippen LogP contribution in [0, 0.1) is 0 Å². The third-order valence-corrected chi connectivity index (χ3v) is 2.13. The van der Waals surface area contributed by atoms with Crippen LogP contribution in [-0.2, 0) is 14.6 Å². The minimum Gasteiger partial charge on any atom is -0.354 e. The van der Waals surface area contributed by atoms with E-state index in [1.54, 1.807) is 0 Å². The molecule has 0 aromatic carbocycles. The molecule has 1 amide bonds. The lowest BCUT2D eigenvalue weighted by Gasteiger charge is -2.05. The standard InChI is InChI=1S/C6H14N2O3S/c1-5(7)6(9)8-3-4-12(2,10)11/h5H,3-4,7H2,1-2H3,(H,8,9)/t5-/m1/s1. The molecular weight excluding hydrogens is 180 g/mol. The second-order valence-corrected chi connectivity index (χ2v) is 4.97. The molecule has 0 aromatic heterocycles. The fraction of sp³-hybridized carbons (Fsp3) is 0.833. The monoisotopic (exact) mass is 194 g/mol. The van der Waals surface area contributed by atoms with Crippen molar-refractivity contribution in [2.75, 3.05) is 18.6 Å². The largest absolute Gasteiger partial charge is 0.354 e. The Labute approximate surface area is 72.2 Å². The highest BCUT2D eigenvalue weighted by Crippen LogP contribution is 1.80. The van der Waals surface area contributed by atoms with E-state index in [0.717, 1.165) is 6.26 Å². The van der Waals surface area contributed by atoms with Crippen molar-refractivity contribution in [3.05, 3.63) is 0 Å². The first-order valence-electron chi connectivity index (χ1n) is 3.54. The summed E-state index contributed by atoms with van der Waals surface area (Å²) in [5, 5.41) is 2.40. The summed E-state index contributed by atoms with van der Waals surface area (Å²) in [7, 11) is -3.00. The molecule has 0 bridgehead atoms. The van der Waals surface area contributed by atoms with Crippen LogP contribution in [0.3, 0.4) is 0 Å². The first-order valence-corrected chi connectivity index (χ1v) is 5.60. The first kappa shape index (κ1) is 11.4. The third kappa shape index (κ3) is 6.11. The molecule has 0 unspecified atom stereocenters. The zero-order valence-corrected chi connectivity index (χ0v) is 8.02. The molecule has 0 aliphatic heterocycles. The number of carbonyl (C=O) groups excluding carboxylic acids is 1. The Balaban J connectivity index is 3.66. The van der Waals surface area contributed by atoms with Crippen LogP contribution in [0.15, 0.2) is 0 Å². The van der Waals surface area contributed by atoms with Crippen LogP contribution < -0.4 is 11.1 Å². The zero-order valence-electron chi connectivity index (χ0n) is 7.20. The Bertz CT molecular complexity index is 246. The highest BCUT2D eigenvalue weighted by atomic mass is 32.2. The average molecular weight is 194 g/mol. The Morgan fingerprint density at radius 3 is 2.42 bits per heavy atom. The van der Waals surface area contributed by atoms with Gasteiger partial charge in [0, 0.05) is 12.8 Å². The molecule has 0 aliphatic carbocycles. The summed E-state index contributed by atoms with van der Waals surface area (Å²) in [6.07, 6.45) is 1.12. The van der Waals surface area contributed by atoms with E-state index in [-0.39, 0.29) is 18.2 Å². The molecule has 0 saturated heterocycles. The van der Waals surface area contributed by atoms with Gasteiger partial charge in [0.05, 0.1) is 11.8 Å². The number of hydrogen-bond acceptors (Lipinski definition) is 4. The van der Waals surface area contributed by atoms with Crippen LogP contribution >= 0.6 is 0 Å². The number of hydrogen-bond donors (Lipinski definition) is 2. The van der Waals surface area contributed by atoms with Gasteiger partial charge >= 0.3 is 0 Å². The summed E-state index contributed by atoms with van der Waals surface area (Å²) in [5.74, 6) is -0.385. The van der Waals surface area contributed by atoms with Crippen LogP contribution in [0.25, 0.3) is 0 Å². The zero-order chi connectivity index (χ0) is 9.78. The van der Waals surface area contributed by atoms with E-state index >= 15 is 0 Å². The first-order chi connectivity index (χ1) is 5.33. The van der Waals surface area contributed by atoms with Crippen molar-refractivity contribution in [1.29, 1.82) is 0 Å². The summed E-state index contributed by atoms with van der Waals surface area (Å²) in [6.45, 7) is 1.66. The highest BCUT2D eigenvalue weighted by molar-refractivity contribution is 7.90. The van der Waals surface area contributed by atoms with Crippen molar-refractivity contribution in [1.82, 2.24) is 5.32 Å². The van der Waals surface area contributed by atoms with Crippen LogP contribution in [0.2, 0.25) is 0 Å². The van der Waals surface area contributed by atoms with Crippen LogP contribution in [0.5, 0.6) is 0 Å². The minimum absolute atomic E-state index is 0.0501. The van der Waals surface area contributed by atoms with E-state index in [0.29, 0.717) is 0 Å². The van der Waals surface area contributed by atoms with Gasteiger partial charge in [-0.05, 0) is 6.92 Å². The summed E-state index contributed by atoms with van der Waals surface area (Å²) in [5.41, 5.74) is 5.22. The van der Waals surface area contributed by atoms with Crippen molar-refractivity contribution in [3.8, 4) is 0 Å². The van der Waals surface area contributed by atoms with Crippen LogP contribution in [-0.4, -0.2) is 38.9 Å². The molecule has 5 nitrogen and oxygen atoms in total. The number of carbonyl (C=O) groups is 1. The maximum Gasteiger partial charge on any atom is 0.236 e. The van der Waals surface area contributed by atoms with E-state index in [1.807, 2.05) is 0 Å². The Hall–Kier alpha value is -0.620. The number of sulfone groups is 1. The second-order valence-electron chi connectivity index (χ2n) is 2.71. The Morgan fingerprint density at radius 2 is 2.08 bits per heavy atom. The molecule has 12 heavy (non-hydrogen) atoms. The lowest BCUT2D eigenvalue weighted by molar-refractivity contribution is -0.121. The molecule has 3 N–H and O–H groups in total. The molecule has 0 aromatic rings. The summed E-state index contributed by atoms with van der Waals surface area (Å²) in [4.78, 5) is 10.8. The van der Waals surface area contributed by atoms with Crippen molar-refractivity contribution in [2.24, 2.45) is 5.73 Å². The van der Waals surface area contributed by atoms with E-state index in [2.05, 4.69) is 5.32 Å². The number of rotatable bonds is 4. The molecule has 0 fully saturated rings. The smallest absolute Gasteiger partial charge is 0.236 e. The van der Waals surface area contributed by atoms with Gasteiger partial charge in [-0.2, -0.15) is 0 Å². The second kappa shape index (κ2) is 4.42. The summed E-state index contributed by atoms with van der Waals surface area (Å²) in [6, 6.07) is -0.593. The third-order valence-electron chi connectivity index (χ3n) is 1.19. The molecule has 0 aliphatic rings. The van der Waals surface area contributed by atoms with E-state index in [1.165, 1.54) is 6.92 Å². The number of amides is 1. The summed E-state index contributed by atoms with van der Waals surface area (Å²) >= 11 is 0. The van der Waals surface area contributed by atoms with E-state index in [9.17, 15) is 13.2 Å². The number of nitrogens with two attached hydrogens (primary N) is 1. The van der Waals surface area contributed by atoms with E-state index < -0.39 is 15.9 Å². The van der Waals surface area contributed by atoms with Gasteiger partial charge in [-0.3, -0.25) is 4.79 Å². The summed E-state index contributed by atoms with van der Waals surface area (Å²) < 4.78 is 21.2. The predicted molar refractivity (Wildman–Crippen MR) is 46.4 cm³/mol. The molecule has 0 rings (SSSR count). The number of nitrogens with one attached hydrogen (secondary N) is 1. The van der Waals surface area contributed by atoms with Crippen molar-refractivity contribution >= 4 is 15.7 Å². The maximum absolute atomic E-state index is 10.8. The van der Waals surface area contributed by atoms with Crippen LogP contribution in [0.4, 0.5) is 0 Å². The molecule has 0 spiro atoms. The predicted octanol–water partition coefficient (Wildman–Crippen LogP) is -1.51. The normalized spacial score (nSPS) is 13.9. The highest BCUT2D eigenvalue weighted by Gasteiger charge is 2.07. The fourth-order valence-electron chi connectivity index (χ4n) is 0.521. The maximum atomic E-state index is 10.8. The molecule has 0 heterocycles. The van der Waals surface area contributed by atoms with Crippen molar-refractivity contribution in [2.45, 2.75) is 13.0 Å². The Kier molecular flexibility index (Phi) is 4.19. The molecular formula is C6H14N2O3S. The molecule has 0 saturated carbocycles. The topological polar surface area (TPSA) is 89.3 Å².